The molecule has 1 rings (SSSR count). The van der Waals surface area contributed by atoms with Crippen LogP contribution in [0.3, 0.4) is 0 Å². The Morgan fingerprint density at radius 3 is 2.33 bits per heavy atom. The van der Waals surface area contributed by atoms with Crippen LogP contribution in [0.15, 0.2) is 12.4 Å². The van der Waals surface area contributed by atoms with Crippen molar-refractivity contribution in [2.75, 3.05) is 13.1 Å². The molecule has 0 aliphatic carbocycles. The number of rotatable bonds is 7. The molecule has 0 saturated carbocycles. The fourth-order valence-corrected chi connectivity index (χ4v) is 1.96. The van der Waals surface area contributed by atoms with Crippen molar-refractivity contribution >= 4 is 11.8 Å². The third kappa shape index (κ3) is 4.70. The Morgan fingerprint density at radius 2 is 1.88 bits per heavy atom. The first-order valence-electron chi connectivity index (χ1n) is 7.30. The van der Waals surface area contributed by atoms with Crippen LogP contribution in [0.1, 0.15) is 26.1 Å². The minimum atomic E-state index is -5.07. The molecule has 1 atom stereocenters. The lowest BCUT2D eigenvalue weighted by atomic mass is 9.97. The molecule has 1 aromatic rings. The normalized spacial score (nSPS) is 14.3. The molecule has 0 radical (unpaired) electrons. The van der Waals surface area contributed by atoms with E-state index in [2.05, 4.69) is 15.6 Å². The van der Waals surface area contributed by atoms with E-state index in [0.717, 1.165) is 10.8 Å². The Balaban J connectivity index is 2.67. The predicted molar refractivity (Wildman–Crippen MR) is 78.6 cm³/mol. The smallest absolute Gasteiger partial charge is 0.374 e. The number of aromatic nitrogens is 2. The van der Waals surface area contributed by atoms with Gasteiger partial charge in [0.15, 0.2) is 5.82 Å². The number of amides is 2. The fourth-order valence-electron chi connectivity index (χ4n) is 1.96. The molecule has 0 aliphatic heterocycles. The van der Waals surface area contributed by atoms with Gasteiger partial charge in [0.05, 0.1) is 6.42 Å². The summed E-state index contributed by atoms with van der Waals surface area (Å²) in [5.41, 5.74) is -3.39. The highest BCUT2D eigenvalue weighted by Crippen LogP contribution is 2.40. The molecular formula is C14H21F3N4O3. The second kappa shape index (κ2) is 7.65. The Bertz CT molecular complexity index is 586. The molecule has 7 nitrogen and oxygen atoms in total. The first kappa shape index (κ1) is 19.9. The van der Waals surface area contributed by atoms with Crippen molar-refractivity contribution in [3.8, 4) is 0 Å². The lowest BCUT2D eigenvalue weighted by Crippen LogP contribution is -2.48. The molecule has 1 aromatic heterocycles. The van der Waals surface area contributed by atoms with Crippen molar-refractivity contribution in [3.05, 3.63) is 18.2 Å². The van der Waals surface area contributed by atoms with Crippen LogP contribution in [0, 0.1) is 5.92 Å². The summed E-state index contributed by atoms with van der Waals surface area (Å²) in [4.78, 5) is 26.6. The number of hydrogen-bond donors (Lipinski definition) is 3. The van der Waals surface area contributed by atoms with Gasteiger partial charge in [0.1, 0.15) is 0 Å². The molecule has 2 amide bonds. The van der Waals surface area contributed by atoms with Gasteiger partial charge in [-0.3, -0.25) is 9.59 Å². The number of aliphatic hydroxyl groups is 1. The van der Waals surface area contributed by atoms with E-state index in [4.69, 9.17) is 0 Å². The highest BCUT2D eigenvalue weighted by atomic mass is 19.4. The lowest BCUT2D eigenvalue weighted by Gasteiger charge is -2.29. The first-order chi connectivity index (χ1) is 11.0. The summed E-state index contributed by atoms with van der Waals surface area (Å²) in [5, 5.41) is 14.8. The minimum Gasteiger partial charge on any atom is -0.374 e. The topological polar surface area (TPSA) is 96.2 Å². The molecule has 0 fully saturated rings. The summed E-state index contributed by atoms with van der Waals surface area (Å²) < 4.78 is 40.8. The SMILES string of the molecule is CC(C)C(=O)NCCNC(=O)CC(O)(c1nccn1C)C(F)(F)F. The van der Waals surface area contributed by atoms with E-state index in [-0.39, 0.29) is 24.9 Å². The second-order valence-electron chi connectivity index (χ2n) is 5.69. The van der Waals surface area contributed by atoms with Gasteiger partial charge >= 0.3 is 6.18 Å². The van der Waals surface area contributed by atoms with Gasteiger partial charge in [-0.25, -0.2) is 4.98 Å². The van der Waals surface area contributed by atoms with Gasteiger partial charge < -0.3 is 20.3 Å². The third-order valence-corrected chi connectivity index (χ3v) is 3.35. The zero-order valence-electron chi connectivity index (χ0n) is 13.6. The van der Waals surface area contributed by atoms with Crippen molar-refractivity contribution in [1.82, 2.24) is 20.2 Å². The van der Waals surface area contributed by atoms with E-state index in [9.17, 15) is 27.9 Å². The molecule has 136 valence electrons. The summed E-state index contributed by atoms with van der Waals surface area (Å²) in [6.07, 6.45) is -3.95. The standard InChI is InChI=1S/C14H21F3N4O3/c1-9(2)11(23)19-5-4-18-10(22)8-13(24,14(15,16)17)12-20-6-7-21(12)3/h6-7,9,24H,4-5,8H2,1-3H3,(H,18,22)(H,19,23). The van der Waals surface area contributed by atoms with E-state index in [1.165, 1.54) is 13.2 Å². The molecule has 0 spiro atoms. The van der Waals surface area contributed by atoms with Crippen molar-refractivity contribution in [3.63, 3.8) is 0 Å². The van der Waals surface area contributed by atoms with Crippen LogP contribution >= 0.6 is 0 Å². The number of hydrogen-bond acceptors (Lipinski definition) is 4. The average molecular weight is 350 g/mol. The van der Waals surface area contributed by atoms with E-state index in [1.54, 1.807) is 13.8 Å². The number of imidazole rings is 1. The van der Waals surface area contributed by atoms with Crippen LogP contribution < -0.4 is 10.6 Å². The van der Waals surface area contributed by atoms with E-state index in [1.807, 2.05) is 0 Å². The predicted octanol–water partition coefficient (Wildman–Crippen LogP) is 0.448. The van der Waals surface area contributed by atoms with Gasteiger partial charge in [0.25, 0.3) is 0 Å². The van der Waals surface area contributed by atoms with Crippen molar-refractivity contribution in [2.24, 2.45) is 13.0 Å². The van der Waals surface area contributed by atoms with Gasteiger partial charge in [-0.1, -0.05) is 13.8 Å². The molecule has 0 bridgehead atoms. The average Bonchev–Trinajstić information content (AvgIpc) is 2.88. The number of nitrogens with zero attached hydrogens (tertiary/aromatic N) is 2. The van der Waals surface area contributed by atoms with Crippen LogP contribution in [0.5, 0.6) is 0 Å². The van der Waals surface area contributed by atoms with Crippen LogP contribution in [0.2, 0.25) is 0 Å². The minimum absolute atomic E-state index is 0.0498. The number of aryl methyl sites for hydroxylation is 1. The van der Waals surface area contributed by atoms with Crippen LogP contribution in [0.25, 0.3) is 0 Å². The van der Waals surface area contributed by atoms with Gasteiger partial charge in [0, 0.05) is 38.4 Å². The zero-order valence-corrected chi connectivity index (χ0v) is 13.6. The Kier molecular flexibility index (Phi) is 6.35. The van der Waals surface area contributed by atoms with E-state index < -0.39 is 29.9 Å². The van der Waals surface area contributed by atoms with E-state index >= 15 is 0 Å². The number of halogens is 3. The number of carbonyl (C=O) groups is 2. The van der Waals surface area contributed by atoms with Gasteiger partial charge in [0.2, 0.25) is 17.4 Å². The highest BCUT2D eigenvalue weighted by Gasteiger charge is 2.58. The Morgan fingerprint density at radius 1 is 1.29 bits per heavy atom. The fraction of sp³-hybridized carbons (Fsp3) is 0.643. The van der Waals surface area contributed by atoms with Gasteiger partial charge in [-0.15, -0.1) is 0 Å². The molecule has 24 heavy (non-hydrogen) atoms. The maximum absolute atomic E-state index is 13.3. The van der Waals surface area contributed by atoms with E-state index in [0.29, 0.717) is 0 Å². The molecule has 1 unspecified atom stereocenters. The summed E-state index contributed by atoms with van der Waals surface area (Å²) in [6.45, 7) is 3.40. The maximum atomic E-state index is 13.3. The van der Waals surface area contributed by atoms with Crippen molar-refractivity contribution in [1.29, 1.82) is 0 Å². The van der Waals surface area contributed by atoms with Crippen molar-refractivity contribution < 1.29 is 27.9 Å². The monoisotopic (exact) mass is 350 g/mol. The quantitative estimate of drug-likeness (QED) is 0.622. The lowest BCUT2D eigenvalue weighted by molar-refractivity contribution is -0.271. The third-order valence-electron chi connectivity index (χ3n) is 3.35. The summed E-state index contributed by atoms with van der Waals surface area (Å²) in [5.74, 6) is -2.14. The molecule has 3 N–H and O–H groups in total. The zero-order chi connectivity index (χ0) is 18.5. The molecule has 0 aromatic carbocycles. The molecule has 1 heterocycles. The summed E-state index contributed by atoms with van der Waals surface area (Å²) >= 11 is 0. The van der Waals surface area contributed by atoms with Gasteiger partial charge in [-0.2, -0.15) is 13.2 Å². The molecule has 0 aliphatic rings. The van der Waals surface area contributed by atoms with Crippen LogP contribution in [-0.4, -0.2) is 45.7 Å². The molecular weight excluding hydrogens is 329 g/mol. The highest BCUT2D eigenvalue weighted by molar-refractivity contribution is 5.78. The number of carbonyl (C=O) groups excluding carboxylic acids is 2. The second-order valence-corrected chi connectivity index (χ2v) is 5.69. The first-order valence-corrected chi connectivity index (χ1v) is 7.30. The number of alkyl halides is 3. The molecule has 0 saturated heterocycles. The van der Waals surface area contributed by atoms with Crippen molar-refractivity contribution in [2.45, 2.75) is 32.0 Å². The van der Waals surface area contributed by atoms with Crippen LogP contribution in [0.4, 0.5) is 13.2 Å². The summed E-state index contributed by atoms with van der Waals surface area (Å²) in [6, 6.07) is 0. The summed E-state index contributed by atoms with van der Waals surface area (Å²) in [7, 11) is 1.29. The Labute approximate surface area is 137 Å². The number of nitrogens with one attached hydrogen (secondary N) is 2. The Hall–Kier alpha value is -2.10. The maximum Gasteiger partial charge on any atom is 0.425 e. The largest absolute Gasteiger partial charge is 0.425 e. The molecule has 10 heteroatoms. The van der Waals surface area contributed by atoms with Crippen LogP contribution in [-0.2, 0) is 22.2 Å². The van der Waals surface area contributed by atoms with Gasteiger partial charge in [-0.05, 0) is 0 Å².